The molecule has 32 heavy (non-hydrogen) atoms. The van der Waals surface area contributed by atoms with Gasteiger partial charge in [0.1, 0.15) is 5.82 Å². The Hall–Kier alpha value is -3.61. The van der Waals surface area contributed by atoms with Crippen molar-refractivity contribution in [3.63, 3.8) is 0 Å². The van der Waals surface area contributed by atoms with Crippen molar-refractivity contribution in [1.29, 1.82) is 0 Å². The maximum atomic E-state index is 13.4. The molecule has 3 N–H and O–H groups in total. The van der Waals surface area contributed by atoms with Crippen molar-refractivity contribution in [2.24, 2.45) is 5.92 Å². The van der Waals surface area contributed by atoms with Gasteiger partial charge in [0.2, 0.25) is 0 Å². The van der Waals surface area contributed by atoms with E-state index in [0.717, 1.165) is 17.7 Å². The highest BCUT2D eigenvalue weighted by atomic mass is 16.5. The highest BCUT2D eigenvalue weighted by molar-refractivity contribution is 6.09. The van der Waals surface area contributed by atoms with Crippen LogP contribution in [0, 0.1) is 12.8 Å². The summed E-state index contributed by atoms with van der Waals surface area (Å²) in [6.07, 6.45) is 2.85. The van der Waals surface area contributed by atoms with Crippen LogP contribution in [0.2, 0.25) is 0 Å². The maximum absolute atomic E-state index is 13.4. The minimum Gasteiger partial charge on any atom is -0.504 e. The summed E-state index contributed by atoms with van der Waals surface area (Å²) in [6, 6.07) is 8.56. The molecule has 7 nitrogen and oxygen atoms in total. The fourth-order valence-corrected chi connectivity index (χ4v) is 4.47. The van der Waals surface area contributed by atoms with Gasteiger partial charge < -0.3 is 20.5 Å². The summed E-state index contributed by atoms with van der Waals surface area (Å²) < 4.78 is 5.29. The molecular formula is C25H27N3O4. The number of aryl methyl sites for hydroxylation is 1. The fraction of sp³-hybridized carbons (Fsp3) is 0.320. The molecular weight excluding hydrogens is 406 g/mol. The normalized spacial score (nSPS) is 20.6. The number of benzene rings is 1. The van der Waals surface area contributed by atoms with Crippen LogP contribution in [0.3, 0.4) is 0 Å². The van der Waals surface area contributed by atoms with Gasteiger partial charge in [0.25, 0.3) is 5.91 Å². The van der Waals surface area contributed by atoms with Gasteiger partial charge in [0, 0.05) is 41.1 Å². The number of amides is 1. The number of phenolic OH excluding ortho intramolecular Hbond substituents is 1. The predicted octanol–water partition coefficient (Wildman–Crippen LogP) is 3.96. The lowest BCUT2D eigenvalue weighted by Crippen LogP contribution is -2.37. The van der Waals surface area contributed by atoms with Crippen molar-refractivity contribution in [3.8, 4) is 11.5 Å². The summed E-state index contributed by atoms with van der Waals surface area (Å²) in [4.78, 5) is 30.9. The zero-order valence-electron chi connectivity index (χ0n) is 18.7. The second-order valence-electron chi connectivity index (χ2n) is 8.53. The Kier molecular flexibility index (Phi) is 5.74. The van der Waals surface area contributed by atoms with E-state index in [1.165, 1.54) is 13.2 Å². The second kappa shape index (κ2) is 8.49. The van der Waals surface area contributed by atoms with E-state index in [0.29, 0.717) is 34.6 Å². The molecule has 1 aliphatic carbocycles. The molecule has 0 saturated heterocycles. The Morgan fingerprint density at radius 3 is 2.69 bits per heavy atom. The maximum Gasteiger partial charge on any atom is 0.255 e. The first-order chi connectivity index (χ1) is 15.3. The molecule has 2 atom stereocenters. The molecule has 4 rings (SSSR count). The van der Waals surface area contributed by atoms with Gasteiger partial charge in [0.15, 0.2) is 17.3 Å². The van der Waals surface area contributed by atoms with E-state index in [-0.39, 0.29) is 29.1 Å². The van der Waals surface area contributed by atoms with Crippen molar-refractivity contribution in [3.05, 3.63) is 70.2 Å². The predicted molar refractivity (Wildman–Crippen MR) is 121 cm³/mol. The lowest BCUT2D eigenvalue weighted by Gasteiger charge is -2.36. The van der Waals surface area contributed by atoms with E-state index < -0.39 is 5.92 Å². The van der Waals surface area contributed by atoms with Gasteiger partial charge >= 0.3 is 0 Å². The minimum atomic E-state index is -0.578. The molecule has 0 radical (unpaired) electrons. The first-order valence-electron chi connectivity index (χ1n) is 10.6. The summed E-state index contributed by atoms with van der Waals surface area (Å²) in [5, 5.41) is 16.3. The number of aromatic hydroxyl groups is 1. The number of hydrogen-bond acceptors (Lipinski definition) is 6. The largest absolute Gasteiger partial charge is 0.504 e. The average Bonchev–Trinajstić information content (AvgIpc) is 2.74. The third-order valence-corrected chi connectivity index (χ3v) is 5.97. The zero-order chi connectivity index (χ0) is 23.0. The second-order valence-corrected chi connectivity index (χ2v) is 8.53. The molecule has 1 amide bonds. The molecule has 1 aliphatic heterocycles. The molecule has 1 aromatic heterocycles. The number of methoxy groups -OCH3 is 1. The number of nitrogens with zero attached hydrogens (tertiary/aromatic N) is 1. The topological polar surface area (TPSA) is 101 Å². The number of phenols is 1. The zero-order valence-corrected chi connectivity index (χ0v) is 18.7. The van der Waals surface area contributed by atoms with Crippen molar-refractivity contribution in [2.45, 2.75) is 39.5 Å². The standard InChI is InChI=1S/C25H27N3O4/c1-13-5-8-21(26-12-13)28-25(31)22-15(3)27-17-9-14(2)10-19(30)24(17)23(22)16-6-7-18(29)20(11-16)32-4/h5-8,11-12,14,23,27,29H,9-10H2,1-4H3,(H,26,28,31)/t14-,23-/m1/s1. The number of pyridine rings is 1. The molecule has 0 saturated carbocycles. The number of carbonyl (C=O) groups excluding carboxylic acids is 2. The molecule has 0 bridgehead atoms. The summed E-state index contributed by atoms with van der Waals surface area (Å²) >= 11 is 0. The van der Waals surface area contributed by atoms with Crippen LogP contribution in [0.1, 0.15) is 43.7 Å². The number of ether oxygens (including phenoxy) is 1. The van der Waals surface area contributed by atoms with Crippen molar-refractivity contribution >= 4 is 17.5 Å². The SMILES string of the molecule is COc1cc([C@@H]2C(C(=O)Nc3ccc(C)cn3)=C(C)NC3=C2C(=O)C[C@H](C)C3)ccc1O. The number of nitrogens with one attached hydrogen (secondary N) is 2. The van der Waals surface area contributed by atoms with Gasteiger partial charge in [-0.3, -0.25) is 9.59 Å². The van der Waals surface area contributed by atoms with E-state index in [1.54, 1.807) is 24.4 Å². The van der Waals surface area contributed by atoms with E-state index in [4.69, 9.17) is 4.74 Å². The van der Waals surface area contributed by atoms with Crippen molar-refractivity contribution in [2.75, 3.05) is 12.4 Å². The van der Waals surface area contributed by atoms with Gasteiger partial charge in [-0.2, -0.15) is 0 Å². The molecule has 1 aromatic carbocycles. The van der Waals surface area contributed by atoms with Crippen molar-refractivity contribution < 1.29 is 19.4 Å². The average molecular weight is 434 g/mol. The Labute approximate surface area is 187 Å². The number of ketones is 1. The van der Waals surface area contributed by atoms with Gasteiger partial charge in [0.05, 0.1) is 7.11 Å². The van der Waals surface area contributed by atoms with Gasteiger partial charge in [-0.25, -0.2) is 4.98 Å². The number of rotatable bonds is 4. The molecule has 0 unspecified atom stereocenters. The third-order valence-electron chi connectivity index (χ3n) is 5.97. The van der Waals surface area contributed by atoms with Crippen LogP contribution >= 0.6 is 0 Å². The van der Waals surface area contributed by atoms with Crippen molar-refractivity contribution in [1.82, 2.24) is 10.3 Å². The van der Waals surface area contributed by atoms with E-state index in [9.17, 15) is 14.7 Å². The van der Waals surface area contributed by atoms with Crippen LogP contribution in [0.15, 0.2) is 59.1 Å². The Bertz CT molecular complexity index is 1150. The number of carbonyl (C=O) groups is 2. The summed E-state index contributed by atoms with van der Waals surface area (Å²) in [5.41, 5.74) is 4.28. The molecule has 7 heteroatoms. The van der Waals surface area contributed by atoms with Crippen LogP contribution in [0.4, 0.5) is 5.82 Å². The van der Waals surface area contributed by atoms with Crippen LogP contribution < -0.4 is 15.4 Å². The number of dihydropyridines is 1. The van der Waals surface area contributed by atoms with Crippen LogP contribution in [0.5, 0.6) is 11.5 Å². The molecule has 2 aliphatic rings. The summed E-state index contributed by atoms with van der Waals surface area (Å²) in [5.74, 6) is 0.0630. The van der Waals surface area contributed by atoms with Crippen LogP contribution in [0.25, 0.3) is 0 Å². The molecule has 0 fully saturated rings. The molecule has 2 aromatic rings. The first-order valence-corrected chi connectivity index (χ1v) is 10.6. The Morgan fingerprint density at radius 1 is 1.22 bits per heavy atom. The number of Topliss-reactive ketones (excluding diaryl/α,β-unsaturated/α-hetero) is 1. The minimum absolute atomic E-state index is 0.00135. The number of aromatic nitrogens is 1. The lowest BCUT2D eigenvalue weighted by molar-refractivity contribution is -0.117. The number of anilines is 1. The highest BCUT2D eigenvalue weighted by Gasteiger charge is 2.40. The Morgan fingerprint density at radius 2 is 2.00 bits per heavy atom. The first kappa shape index (κ1) is 21.6. The number of allylic oxidation sites excluding steroid dienone is 3. The smallest absolute Gasteiger partial charge is 0.255 e. The van der Waals surface area contributed by atoms with E-state index >= 15 is 0 Å². The fourth-order valence-electron chi connectivity index (χ4n) is 4.47. The van der Waals surface area contributed by atoms with Crippen LogP contribution in [-0.4, -0.2) is 28.9 Å². The van der Waals surface area contributed by atoms with Gasteiger partial charge in [-0.15, -0.1) is 0 Å². The summed E-state index contributed by atoms with van der Waals surface area (Å²) in [7, 11) is 1.47. The highest BCUT2D eigenvalue weighted by Crippen LogP contribution is 2.45. The van der Waals surface area contributed by atoms with Gasteiger partial charge in [-0.05, 0) is 55.5 Å². The van der Waals surface area contributed by atoms with E-state index in [2.05, 4.69) is 15.6 Å². The third kappa shape index (κ3) is 3.98. The monoisotopic (exact) mass is 433 g/mol. The molecule has 2 heterocycles. The quantitative estimate of drug-likeness (QED) is 0.675. The number of hydrogen-bond donors (Lipinski definition) is 3. The molecule has 0 spiro atoms. The van der Waals surface area contributed by atoms with Gasteiger partial charge in [-0.1, -0.05) is 19.1 Å². The lowest BCUT2D eigenvalue weighted by atomic mass is 9.73. The summed E-state index contributed by atoms with van der Waals surface area (Å²) in [6.45, 7) is 5.82. The Balaban J connectivity index is 1.81. The molecule has 166 valence electrons. The van der Waals surface area contributed by atoms with E-state index in [1.807, 2.05) is 26.8 Å². The van der Waals surface area contributed by atoms with Crippen LogP contribution in [-0.2, 0) is 9.59 Å².